The Bertz CT molecular complexity index is 782. The van der Waals surface area contributed by atoms with E-state index in [-0.39, 0.29) is 11.8 Å². The average molecular weight is 320 g/mol. The molecule has 2 aromatic carbocycles. The first kappa shape index (κ1) is 16.0. The zero-order chi connectivity index (χ0) is 17.1. The Morgan fingerprint density at radius 3 is 2.04 bits per heavy atom. The summed E-state index contributed by atoms with van der Waals surface area (Å²) in [5, 5.41) is 0. The van der Waals surface area contributed by atoms with E-state index in [4.69, 9.17) is 0 Å². The number of nitrogens with zero attached hydrogens (tertiary/aromatic N) is 2. The number of hydrogen-bond donors (Lipinski definition) is 0. The third kappa shape index (κ3) is 2.83. The van der Waals surface area contributed by atoms with Crippen LogP contribution in [0.1, 0.15) is 18.1 Å². The number of imide groups is 1. The third-order valence-electron chi connectivity index (χ3n) is 4.24. The van der Waals surface area contributed by atoms with E-state index in [0.29, 0.717) is 24.4 Å². The van der Waals surface area contributed by atoms with Gasteiger partial charge in [0, 0.05) is 20.1 Å². The van der Waals surface area contributed by atoms with Crippen molar-refractivity contribution < 1.29 is 9.59 Å². The summed E-state index contributed by atoms with van der Waals surface area (Å²) >= 11 is 0. The summed E-state index contributed by atoms with van der Waals surface area (Å²) in [7, 11) is 1.54. The number of benzene rings is 2. The fourth-order valence-corrected chi connectivity index (χ4v) is 2.94. The fraction of sp³-hybridized carbons (Fsp3) is 0.200. The quantitative estimate of drug-likeness (QED) is 0.795. The van der Waals surface area contributed by atoms with Gasteiger partial charge in [0.05, 0.1) is 5.57 Å². The van der Waals surface area contributed by atoms with Crippen molar-refractivity contribution in [3.05, 3.63) is 77.5 Å². The van der Waals surface area contributed by atoms with Crippen molar-refractivity contribution in [1.82, 2.24) is 9.80 Å². The molecule has 122 valence electrons. The van der Waals surface area contributed by atoms with E-state index in [0.717, 1.165) is 11.1 Å². The number of likely N-dealkylation sites (N-methyl/N-ethyl adjacent to an activating group) is 2. The van der Waals surface area contributed by atoms with Crippen LogP contribution in [0.25, 0.3) is 5.57 Å². The second-order valence-electron chi connectivity index (χ2n) is 5.76. The van der Waals surface area contributed by atoms with Crippen LogP contribution in [0.3, 0.4) is 0 Å². The summed E-state index contributed by atoms with van der Waals surface area (Å²) in [5.41, 5.74) is 2.86. The van der Waals surface area contributed by atoms with E-state index < -0.39 is 0 Å². The maximum absolute atomic E-state index is 12.7. The van der Waals surface area contributed by atoms with Gasteiger partial charge in [-0.25, -0.2) is 0 Å². The van der Waals surface area contributed by atoms with Gasteiger partial charge in [0.15, 0.2) is 0 Å². The van der Waals surface area contributed by atoms with Gasteiger partial charge in [-0.1, -0.05) is 60.7 Å². The van der Waals surface area contributed by atoms with Gasteiger partial charge in [-0.05, 0) is 18.1 Å². The van der Waals surface area contributed by atoms with Gasteiger partial charge in [0.1, 0.15) is 5.70 Å². The van der Waals surface area contributed by atoms with Crippen LogP contribution in [0.15, 0.2) is 66.4 Å². The van der Waals surface area contributed by atoms with Gasteiger partial charge >= 0.3 is 0 Å². The Hall–Kier alpha value is -2.88. The maximum atomic E-state index is 12.7. The number of carbonyl (C=O) groups is 2. The molecule has 24 heavy (non-hydrogen) atoms. The molecular formula is C20H20N2O2. The Morgan fingerprint density at radius 2 is 1.46 bits per heavy atom. The Morgan fingerprint density at radius 1 is 0.875 bits per heavy atom. The molecule has 0 spiro atoms. The molecule has 0 radical (unpaired) electrons. The minimum Gasteiger partial charge on any atom is -0.362 e. The highest BCUT2D eigenvalue weighted by Crippen LogP contribution is 2.31. The van der Waals surface area contributed by atoms with Gasteiger partial charge < -0.3 is 4.90 Å². The van der Waals surface area contributed by atoms with Crippen LogP contribution in [0.2, 0.25) is 0 Å². The SMILES string of the molecule is CCN(Cc1ccccc1)C1=C(c2ccccc2)C(=O)N(C)C1=O. The molecule has 1 aliphatic heterocycles. The smallest absolute Gasteiger partial charge is 0.277 e. The minimum absolute atomic E-state index is 0.239. The van der Waals surface area contributed by atoms with Crippen LogP contribution >= 0.6 is 0 Å². The summed E-state index contributed by atoms with van der Waals surface area (Å²) in [5.74, 6) is -0.482. The van der Waals surface area contributed by atoms with E-state index in [1.54, 1.807) is 0 Å². The fourth-order valence-electron chi connectivity index (χ4n) is 2.94. The van der Waals surface area contributed by atoms with E-state index in [1.807, 2.05) is 72.5 Å². The highest BCUT2D eigenvalue weighted by molar-refractivity contribution is 6.35. The number of rotatable bonds is 5. The molecule has 0 atom stereocenters. The van der Waals surface area contributed by atoms with Gasteiger partial charge in [-0.2, -0.15) is 0 Å². The van der Waals surface area contributed by atoms with Crippen molar-refractivity contribution in [3.63, 3.8) is 0 Å². The molecule has 1 aliphatic rings. The molecule has 0 fully saturated rings. The highest BCUT2D eigenvalue weighted by Gasteiger charge is 2.38. The van der Waals surface area contributed by atoms with Crippen molar-refractivity contribution in [3.8, 4) is 0 Å². The lowest BCUT2D eigenvalue weighted by atomic mass is 10.0. The molecule has 2 aromatic rings. The van der Waals surface area contributed by atoms with Crippen LogP contribution in [0.4, 0.5) is 0 Å². The Labute approximate surface area is 142 Å². The molecule has 0 saturated carbocycles. The standard InChI is InChI=1S/C20H20N2O2/c1-3-22(14-15-10-6-4-7-11-15)18-17(16-12-8-5-9-13-16)19(23)21(2)20(18)24/h4-13H,3,14H2,1-2H3. The van der Waals surface area contributed by atoms with Crippen molar-refractivity contribution in [2.45, 2.75) is 13.5 Å². The molecule has 4 nitrogen and oxygen atoms in total. The number of amides is 2. The zero-order valence-electron chi connectivity index (χ0n) is 13.9. The van der Waals surface area contributed by atoms with Crippen molar-refractivity contribution in [2.24, 2.45) is 0 Å². The molecule has 4 heteroatoms. The largest absolute Gasteiger partial charge is 0.362 e. The summed E-state index contributed by atoms with van der Waals surface area (Å²) < 4.78 is 0. The van der Waals surface area contributed by atoms with Crippen molar-refractivity contribution >= 4 is 17.4 Å². The lowest BCUT2D eigenvalue weighted by Gasteiger charge is -2.24. The second-order valence-corrected chi connectivity index (χ2v) is 5.76. The Balaban J connectivity index is 2.06. The molecule has 0 unspecified atom stereocenters. The number of carbonyl (C=O) groups excluding carboxylic acids is 2. The van der Waals surface area contributed by atoms with Gasteiger partial charge in [-0.3, -0.25) is 14.5 Å². The van der Waals surface area contributed by atoms with E-state index in [9.17, 15) is 9.59 Å². The zero-order valence-corrected chi connectivity index (χ0v) is 13.9. The van der Waals surface area contributed by atoms with Crippen LogP contribution in [0.5, 0.6) is 0 Å². The summed E-state index contributed by atoms with van der Waals surface area (Å²) in [6, 6.07) is 19.4. The third-order valence-corrected chi connectivity index (χ3v) is 4.24. The van der Waals surface area contributed by atoms with Gasteiger partial charge in [-0.15, -0.1) is 0 Å². The monoisotopic (exact) mass is 320 g/mol. The van der Waals surface area contributed by atoms with E-state index in [1.165, 1.54) is 11.9 Å². The molecule has 2 amide bonds. The average Bonchev–Trinajstić information content (AvgIpc) is 2.85. The van der Waals surface area contributed by atoms with Crippen molar-refractivity contribution in [1.29, 1.82) is 0 Å². The molecule has 0 aromatic heterocycles. The molecule has 0 bridgehead atoms. The maximum Gasteiger partial charge on any atom is 0.277 e. The first-order valence-corrected chi connectivity index (χ1v) is 8.04. The lowest BCUT2D eigenvalue weighted by molar-refractivity contribution is -0.135. The first-order valence-electron chi connectivity index (χ1n) is 8.04. The van der Waals surface area contributed by atoms with E-state index in [2.05, 4.69) is 0 Å². The summed E-state index contributed by atoms with van der Waals surface area (Å²) in [4.78, 5) is 28.5. The summed E-state index contributed by atoms with van der Waals surface area (Å²) in [6.07, 6.45) is 0. The topological polar surface area (TPSA) is 40.6 Å². The molecule has 0 aliphatic carbocycles. The van der Waals surface area contributed by atoms with Crippen LogP contribution < -0.4 is 0 Å². The van der Waals surface area contributed by atoms with Gasteiger partial charge in [0.25, 0.3) is 11.8 Å². The second kappa shape index (κ2) is 6.71. The lowest BCUT2D eigenvalue weighted by Crippen LogP contribution is -2.32. The predicted molar refractivity (Wildman–Crippen MR) is 93.7 cm³/mol. The first-order chi connectivity index (χ1) is 11.6. The Kier molecular flexibility index (Phi) is 4.47. The van der Waals surface area contributed by atoms with Crippen LogP contribution in [0, 0.1) is 0 Å². The van der Waals surface area contributed by atoms with Crippen molar-refractivity contribution in [2.75, 3.05) is 13.6 Å². The van der Waals surface area contributed by atoms with Crippen LogP contribution in [-0.4, -0.2) is 35.2 Å². The highest BCUT2D eigenvalue weighted by atomic mass is 16.2. The number of hydrogen-bond acceptors (Lipinski definition) is 3. The predicted octanol–water partition coefficient (Wildman–Crippen LogP) is 2.92. The molecular weight excluding hydrogens is 300 g/mol. The molecule has 0 saturated heterocycles. The molecule has 0 N–H and O–H groups in total. The van der Waals surface area contributed by atoms with E-state index >= 15 is 0 Å². The summed E-state index contributed by atoms with van der Waals surface area (Å²) in [6.45, 7) is 3.23. The molecule has 1 heterocycles. The van der Waals surface area contributed by atoms with Gasteiger partial charge in [0.2, 0.25) is 0 Å². The molecule has 3 rings (SSSR count). The normalized spacial score (nSPS) is 14.5. The van der Waals surface area contributed by atoms with Crippen LogP contribution in [-0.2, 0) is 16.1 Å². The minimum atomic E-state index is -0.243.